The van der Waals surface area contributed by atoms with E-state index in [-0.39, 0.29) is 71.6 Å². The van der Waals surface area contributed by atoms with Crippen LogP contribution in [0, 0.1) is 0 Å². The molecule has 0 aromatic rings. The molecule has 0 spiro atoms. The third-order valence-electron chi connectivity index (χ3n) is 3.92. The average molecular weight is 486 g/mol. The maximum atomic E-state index is 11.2. The van der Waals surface area contributed by atoms with E-state index >= 15 is 0 Å². The summed E-state index contributed by atoms with van der Waals surface area (Å²) in [6.07, 6.45) is 10.7. The quantitative estimate of drug-likeness (QED) is 0.109. The Morgan fingerprint density at radius 1 is 0.903 bits per heavy atom. The number of carboxylic acid groups (broad SMARTS) is 2. The summed E-state index contributed by atoms with van der Waals surface area (Å²) in [5.74, 6) is -4.01. The molecule has 0 heterocycles. The SMILES string of the molecule is CCCCCCCCCCCC(=O)NCCO.O=C([O-])CC(C(=O)[O-])S(=O)(=O)O.[Na+].[Na+]. The molecule has 0 aliphatic rings. The number of aliphatic carboxylic acids is 2. The number of carboxylic acids is 2. The molecule has 13 heteroatoms. The monoisotopic (exact) mass is 485 g/mol. The van der Waals surface area contributed by atoms with Gasteiger partial charge >= 0.3 is 59.1 Å². The predicted octanol–water partition coefficient (Wildman–Crippen LogP) is -6.84. The second kappa shape index (κ2) is 24.9. The molecule has 1 amide bonds. The number of nitrogens with one attached hydrogen (secondary N) is 1. The van der Waals surface area contributed by atoms with Crippen LogP contribution in [0.1, 0.15) is 77.6 Å². The fourth-order valence-corrected chi connectivity index (χ4v) is 2.93. The molecule has 0 saturated heterocycles. The van der Waals surface area contributed by atoms with Gasteiger partial charge in [0, 0.05) is 25.4 Å². The Morgan fingerprint density at radius 3 is 1.68 bits per heavy atom. The summed E-state index contributed by atoms with van der Waals surface area (Å²) in [6.45, 7) is 2.65. The van der Waals surface area contributed by atoms with Gasteiger partial charge in [-0.3, -0.25) is 9.35 Å². The van der Waals surface area contributed by atoms with Gasteiger partial charge in [-0.05, 0) is 6.42 Å². The Balaban J connectivity index is -0.000000232. The summed E-state index contributed by atoms with van der Waals surface area (Å²) in [5.41, 5.74) is 0. The minimum absolute atomic E-state index is 0. The predicted molar refractivity (Wildman–Crippen MR) is 102 cm³/mol. The van der Waals surface area contributed by atoms with Crippen molar-refractivity contribution in [3.63, 3.8) is 0 Å². The van der Waals surface area contributed by atoms with Crippen molar-refractivity contribution in [1.29, 1.82) is 0 Å². The smallest absolute Gasteiger partial charge is 0.550 e. The minimum Gasteiger partial charge on any atom is -0.550 e. The third kappa shape index (κ3) is 28.2. The van der Waals surface area contributed by atoms with Crippen molar-refractivity contribution in [3.05, 3.63) is 0 Å². The summed E-state index contributed by atoms with van der Waals surface area (Å²) in [6, 6.07) is 0. The number of aliphatic hydroxyl groups is 1. The van der Waals surface area contributed by atoms with Crippen LogP contribution >= 0.6 is 0 Å². The topological polar surface area (TPSA) is 184 Å². The van der Waals surface area contributed by atoms with Crippen LogP contribution in [0.15, 0.2) is 0 Å². The second-order valence-electron chi connectivity index (χ2n) is 6.55. The molecule has 0 aliphatic heterocycles. The molecule has 0 aromatic heterocycles. The summed E-state index contributed by atoms with van der Waals surface area (Å²) in [5, 5.41) is 28.5. The fraction of sp³-hybridized carbons (Fsp3) is 0.833. The van der Waals surface area contributed by atoms with Gasteiger partial charge in [0.25, 0.3) is 10.1 Å². The van der Waals surface area contributed by atoms with E-state index in [1.165, 1.54) is 44.9 Å². The summed E-state index contributed by atoms with van der Waals surface area (Å²) in [4.78, 5) is 30.9. The number of carbonyl (C=O) groups is 3. The van der Waals surface area contributed by atoms with Crippen molar-refractivity contribution < 1.29 is 102 Å². The summed E-state index contributed by atoms with van der Waals surface area (Å²) in [7, 11) is -4.94. The van der Waals surface area contributed by atoms with E-state index in [0.29, 0.717) is 13.0 Å². The Morgan fingerprint density at radius 2 is 1.35 bits per heavy atom. The van der Waals surface area contributed by atoms with E-state index in [4.69, 9.17) is 9.66 Å². The van der Waals surface area contributed by atoms with Crippen LogP contribution in [-0.4, -0.2) is 54.3 Å². The molecule has 0 radical (unpaired) electrons. The van der Waals surface area contributed by atoms with E-state index in [0.717, 1.165) is 12.8 Å². The molecule has 0 rings (SSSR count). The van der Waals surface area contributed by atoms with Crippen molar-refractivity contribution in [3.8, 4) is 0 Å². The molecule has 31 heavy (non-hydrogen) atoms. The van der Waals surface area contributed by atoms with E-state index in [1.54, 1.807) is 0 Å². The Hall–Kier alpha value is 0.280. The van der Waals surface area contributed by atoms with E-state index < -0.39 is 33.7 Å². The van der Waals surface area contributed by atoms with Crippen LogP contribution in [-0.2, 0) is 24.5 Å². The molecule has 0 fully saturated rings. The van der Waals surface area contributed by atoms with Gasteiger partial charge in [-0.2, -0.15) is 8.42 Å². The second-order valence-corrected chi connectivity index (χ2v) is 8.15. The molecule has 172 valence electrons. The zero-order valence-corrected chi connectivity index (χ0v) is 23.7. The molecule has 1 atom stereocenters. The molecule has 0 saturated carbocycles. The van der Waals surface area contributed by atoms with Crippen LogP contribution < -0.4 is 74.6 Å². The van der Waals surface area contributed by atoms with Crippen molar-refractivity contribution in [1.82, 2.24) is 5.32 Å². The first-order chi connectivity index (χ1) is 13.6. The maximum absolute atomic E-state index is 11.2. The standard InChI is InChI=1S/C14H29NO2.C4H6O7S.2Na/c1-2-3-4-5-6-7-8-9-10-11-14(17)15-12-13-16;5-3(6)1-2(4(7)8)12(9,10)11;;/h16H,2-13H2,1H3,(H,15,17);2H,1H2,(H,5,6)(H,7,8)(H,9,10,11);;/q;;2*+1/p-2. The van der Waals surface area contributed by atoms with Gasteiger partial charge in [0.2, 0.25) is 5.91 Å². The summed E-state index contributed by atoms with van der Waals surface area (Å²) >= 11 is 0. The van der Waals surface area contributed by atoms with E-state index in [9.17, 15) is 33.0 Å². The molecule has 3 N–H and O–H groups in total. The van der Waals surface area contributed by atoms with Crippen molar-refractivity contribution in [2.45, 2.75) is 82.8 Å². The van der Waals surface area contributed by atoms with Gasteiger partial charge in [-0.15, -0.1) is 0 Å². The number of hydrogen-bond acceptors (Lipinski definition) is 8. The Labute approximate surface area is 229 Å². The van der Waals surface area contributed by atoms with Crippen LogP contribution in [0.4, 0.5) is 0 Å². The largest absolute Gasteiger partial charge is 1.00 e. The van der Waals surface area contributed by atoms with Crippen molar-refractivity contribution in [2.24, 2.45) is 0 Å². The van der Waals surface area contributed by atoms with Crippen molar-refractivity contribution >= 4 is 28.0 Å². The number of amides is 1. The molecule has 0 bridgehead atoms. The molecule has 0 aliphatic carbocycles. The van der Waals surface area contributed by atoms with Crippen LogP contribution in [0.25, 0.3) is 0 Å². The number of rotatable bonds is 16. The van der Waals surface area contributed by atoms with E-state index in [1.807, 2.05) is 0 Å². The first-order valence-electron chi connectivity index (χ1n) is 9.80. The van der Waals surface area contributed by atoms with Crippen LogP contribution in [0.2, 0.25) is 0 Å². The first-order valence-corrected chi connectivity index (χ1v) is 11.3. The zero-order chi connectivity index (χ0) is 22.7. The number of carbonyl (C=O) groups excluding carboxylic acids is 3. The van der Waals surface area contributed by atoms with Crippen LogP contribution in [0.3, 0.4) is 0 Å². The van der Waals surface area contributed by atoms with Gasteiger partial charge in [0.1, 0.15) is 5.25 Å². The molecule has 10 nitrogen and oxygen atoms in total. The minimum atomic E-state index is -4.94. The van der Waals surface area contributed by atoms with Crippen molar-refractivity contribution in [2.75, 3.05) is 13.2 Å². The third-order valence-corrected chi connectivity index (χ3v) is 4.99. The Bertz CT molecular complexity index is 574. The molecular weight excluding hydrogens is 452 g/mol. The average Bonchev–Trinajstić information content (AvgIpc) is 2.62. The van der Waals surface area contributed by atoms with E-state index in [2.05, 4.69) is 12.2 Å². The van der Waals surface area contributed by atoms with Gasteiger partial charge in [0.15, 0.2) is 0 Å². The fourth-order valence-electron chi connectivity index (χ4n) is 2.34. The Kier molecular flexibility index (Phi) is 31.0. The first kappa shape index (κ1) is 38.5. The van der Waals surface area contributed by atoms with Crippen LogP contribution in [0.5, 0.6) is 0 Å². The normalized spacial score (nSPS) is 11.1. The zero-order valence-electron chi connectivity index (χ0n) is 18.9. The van der Waals surface area contributed by atoms with Gasteiger partial charge in [0.05, 0.1) is 12.6 Å². The molecule has 0 aromatic carbocycles. The van der Waals surface area contributed by atoms with Gasteiger partial charge in [-0.25, -0.2) is 0 Å². The number of hydrogen-bond donors (Lipinski definition) is 3. The molecular formula is C18H33NNa2O9S. The number of aliphatic hydroxyl groups excluding tert-OH is 1. The number of unbranched alkanes of at least 4 members (excludes halogenated alkanes) is 8. The van der Waals surface area contributed by atoms with Gasteiger partial charge < -0.3 is 30.2 Å². The summed E-state index contributed by atoms with van der Waals surface area (Å²) < 4.78 is 28.5. The molecule has 1 unspecified atom stereocenters. The maximum Gasteiger partial charge on any atom is 1.00 e. The van der Waals surface area contributed by atoms with Gasteiger partial charge in [-0.1, -0.05) is 58.3 Å².